The van der Waals surface area contributed by atoms with Crippen LogP contribution in [0.15, 0.2) is 12.2 Å². The van der Waals surface area contributed by atoms with E-state index in [1.54, 1.807) is 0 Å². The average Bonchev–Trinajstić information content (AvgIpc) is 2.21. The summed E-state index contributed by atoms with van der Waals surface area (Å²) in [5.74, 6) is -0.600. The van der Waals surface area contributed by atoms with Gasteiger partial charge >= 0.3 is 5.97 Å². The van der Waals surface area contributed by atoms with E-state index in [9.17, 15) is 9.59 Å². The molecule has 0 spiro atoms. The maximum Gasteiger partial charge on any atom is 0.313 e. The maximum atomic E-state index is 11.0. The molecule has 0 N–H and O–H groups in total. The van der Waals surface area contributed by atoms with Crippen LogP contribution >= 0.6 is 0 Å². The highest BCUT2D eigenvalue weighted by Gasteiger charge is 2.04. The number of rotatable bonds is 9. The van der Waals surface area contributed by atoms with Crippen molar-refractivity contribution >= 4 is 11.8 Å². The summed E-state index contributed by atoms with van der Waals surface area (Å²) in [5, 5.41) is 0. The lowest BCUT2D eigenvalue weighted by Gasteiger charge is -1.98. The Morgan fingerprint density at radius 2 is 1.88 bits per heavy atom. The Hall–Kier alpha value is -1.12. The lowest BCUT2D eigenvalue weighted by Crippen LogP contribution is -2.08. The number of Topliss-reactive ketones (excluding diaryl/α,β-unsaturated/α-hetero) is 1. The fraction of sp³-hybridized carbons (Fsp3) is 0.692. The van der Waals surface area contributed by atoms with Crippen LogP contribution in [-0.2, 0) is 14.3 Å². The molecule has 3 heteroatoms. The van der Waals surface area contributed by atoms with Gasteiger partial charge in [-0.3, -0.25) is 9.59 Å². The van der Waals surface area contributed by atoms with Crippen LogP contribution in [0.4, 0.5) is 0 Å². The molecular weight excluding hydrogens is 204 g/mol. The molecule has 0 heterocycles. The van der Waals surface area contributed by atoms with Crippen molar-refractivity contribution in [3.8, 4) is 0 Å². The molecule has 0 fully saturated rings. The molecule has 0 bridgehead atoms. The van der Waals surface area contributed by atoms with Gasteiger partial charge in [-0.2, -0.15) is 0 Å². The monoisotopic (exact) mass is 226 g/mol. The Labute approximate surface area is 97.9 Å². The van der Waals surface area contributed by atoms with Gasteiger partial charge in [0.25, 0.3) is 0 Å². The van der Waals surface area contributed by atoms with Crippen LogP contribution in [0.5, 0.6) is 0 Å². The second-order valence-corrected chi connectivity index (χ2v) is 3.88. The van der Waals surface area contributed by atoms with Crippen molar-refractivity contribution in [1.82, 2.24) is 0 Å². The van der Waals surface area contributed by atoms with E-state index in [-0.39, 0.29) is 18.8 Å². The van der Waals surface area contributed by atoms with Crippen LogP contribution in [0, 0.1) is 0 Å². The molecule has 0 rings (SSSR count). The van der Waals surface area contributed by atoms with Gasteiger partial charge in [-0.05, 0) is 19.8 Å². The third-order valence-electron chi connectivity index (χ3n) is 2.12. The first kappa shape index (κ1) is 14.9. The van der Waals surface area contributed by atoms with Gasteiger partial charge in [-0.1, -0.05) is 38.3 Å². The van der Waals surface area contributed by atoms with Crippen molar-refractivity contribution in [2.24, 2.45) is 0 Å². The minimum absolute atomic E-state index is 0.121. The molecule has 0 aliphatic heterocycles. The molecule has 0 radical (unpaired) electrons. The second-order valence-electron chi connectivity index (χ2n) is 3.88. The Bertz CT molecular complexity index is 231. The molecular formula is C13H22O3. The lowest BCUT2D eigenvalue weighted by atomic mass is 10.1. The summed E-state index contributed by atoms with van der Waals surface area (Å²) in [6.45, 7) is 3.84. The Morgan fingerprint density at radius 3 is 2.50 bits per heavy atom. The third-order valence-corrected chi connectivity index (χ3v) is 2.12. The summed E-state index contributed by atoms with van der Waals surface area (Å²) in [4.78, 5) is 21.5. The van der Waals surface area contributed by atoms with Crippen molar-refractivity contribution in [1.29, 1.82) is 0 Å². The first-order valence-electron chi connectivity index (χ1n) is 5.97. The molecule has 3 nitrogen and oxygen atoms in total. The van der Waals surface area contributed by atoms with Crippen LogP contribution in [0.1, 0.15) is 52.4 Å². The second kappa shape index (κ2) is 10.4. The number of unbranched alkanes of at least 4 members (excludes halogenated alkanes) is 4. The Balaban J connectivity index is 3.33. The number of esters is 1. The van der Waals surface area contributed by atoms with E-state index in [0.717, 1.165) is 6.42 Å². The van der Waals surface area contributed by atoms with Crippen molar-refractivity contribution in [2.75, 3.05) is 6.61 Å². The normalized spacial score (nSPS) is 10.6. The standard InChI is InChI=1S/C13H22O3/c1-3-4-5-6-7-8-9-10-16-13(15)11-12(2)14/h8-9H,3-7,10-11H2,1-2H3. The van der Waals surface area contributed by atoms with E-state index < -0.39 is 5.97 Å². The Kier molecular flexibility index (Phi) is 9.67. The van der Waals surface area contributed by atoms with Gasteiger partial charge in [0.05, 0.1) is 0 Å². The zero-order valence-electron chi connectivity index (χ0n) is 10.3. The smallest absolute Gasteiger partial charge is 0.313 e. The number of hydrogen-bond acceptors (Lipinski definition) is 3. The molecule has 0 unspecified atom stereocenters. The van der Waals surface area contributed by atoms with Gasteiger partial charge in [0, 0.05) is 0 Å². The summed E-state index contributed by atoms with van der Waals surface area (Å²) in [6, 6.07) is 0. The molecule has 0 aromatic carbocycles. The largest absolute Gasteiger partial charge is 0.461 e. The molecule has 0 saturated heterocycles. The van der Waals surface area contributed by atoms with Crippen molar-refractivity contribution in [2.45, 2.75) is 52.4 Å². The van der Waals surface area contributed by atoms with E-state index in [0.29, 0.717) is 0 Å². The molecule has 0 atom stereocenters. The molecule has 0 aliphatic rings. The number of hydrogen-bond donors (Lipinski definition) is 0. The van der Waals surface area contributed by atoms with Gasteiger partial charge < -0.3 is 4.74 Å². The number of carbonyl (C=O) groups excluding carboxylic acids is 2. The van der Waals surface area contributed by atoms with E-state index in [1.807, 2.05) is 12.2 Å². The van der Waals surface area contributed by atoms with Crippen LogP contribution in [-0.4, -0.2) is 18.4 Å². The molecule has 0 amide bonds. The highest BCUT2D eigenvalue weighted by atomic mass is 16.5. The first-order chi connectivity index (χ1) is 7.66. The topological polar surface area (TPSA) is 43.4 Å². The van der Waals surface area contributed by atoms with E-state index >= 15 is 0 Å². The lowest BCUT2D eigenvalue weighted by molar-refractivity contribution is -0.144. The van der Waals surface area contributed by atoms with Gasteiger partial charge in [-0.25, -0.2) is 0 Å². The van der Waals surface area contributed by atoms with Gasteiger partial charge in [0.1, 0.15) is 18.8 Å². The van der Waals surface area contributed by atoms with Gasteiger partial charge in [0.15, 0.2) is 0 Å². The number of ether oxygens (including phenoxy) is 1. The summed E-state index contributed by atoms with van der Waals surface area (Å²) >= 11 is 0. The molecule has 0 aromatic heterocycles. The molecule has 92 valence electrons. The minimum atomic E-state index is -0.442. The quantitative estimate of drug-likeness (QED) is 0.263. The zero-order chi connectivity index (χ0) is 12.2. The molecule has 0 aliphatic carbocycles. The summed E-state index contributed by atoms with van der Waals surface area (Å²) in [7, 11) is 0. The van der Waals surface area contributed by atoms with Crippen molar-refractivity contribution in [3.63, 3.8) is 0 Å². The fourth-order valence-corrected chi connectivity index (χ4v) is 1.27. The number of ketones is 1. The average molecular weight is 226 g/mol. The van der Waals surface area contributed by atoms with Crippen molar-refractivity contribution in [3.05, 3.63) is 12.2 Å². The summed E-state index contributed by atoms with van der Waals surface area (Å²) in [6.07, 6.45) is 9.74. The van der Waals surface area contributed by atoms with Crippen LogP contribution in [0.2, 0.25) is 0 Å². The molecule has 0 saturated carbocycles. The van der Waals surface area contributed by atoms with Crippen LogP contribution in [0.3, 0.4) is 0 Å². The highest BCUT2D eigenvalue weighted by Crippen LogP contribution is 2.02. The fourth-order valence-electron chi connectivity index (χ4n) is 1.27. The predicted molar refractivity (Wildman–Crippen MR) is 64.2 cm³/mol. The highest BCUT2D eigenvalue weighted by molar-refractivity contribution is 5.94. The minimum Gasteiger partial charge on any atom is -0.461 e. The van der Waals surface area contributed by atoms with Crippen LogP contribution < -0.4 is 0 Å². The third kappa shape index (κ3) is 11.0. The predicted octanol–water partition coefficient (Wildman–Crippen LogP) is 3.04. The number of allylic oxidation sites excluding steroid dienone is 1. The molecule has 0 aromatic rings. The molecule has 16 heavy (non-hydrogen) atoms. The SMILES string of the molecule is CCCCCCC=CCOC(=O)CC(C)=O. The first-order valence-corrected chi connectivity index (χ1v) is 5.97. The summed E-state index contributed by atoms with van der Waals surface area (Å²) < 4.78 is 4.83. The number of carbonyl (C=O) groups is 2. The van der Waals surface area contributed by atoms with Crippen molar-refractivity contribution < 1.29 is 14.3 Å². The van der Waals surface area contributed by atoms with E-state index in [4.69, 9.17) is 4.74 Å². The van der Waals surface area contributed by atoms with Crippen LogP contribution in [0.25, 0.3) is 0 Å². The maximum absolute atomic E-state index is 11.0. The zero-order valence-corrected chi connectivity index (χ0v) is 10.3. The van der Waals surface area contributed by atoms with Gasteiger partial charge in [-0.15, -0.1) is 0 Å². The van der Waals surface area contributed by atoms with Gasteiger partial charge in [0.2, 0.25) is 0 Å². The summed E-state index contributed by atoms with van der Waals surface area (Å²) in [5.41, 5.74) is 0. The van der Waals surface area contributed by atoms with E-state index in [2.05, 4.69) is 6.92 Å². The van der Waals surface area contributed by atoms with E-state index in [1.165, 1.54) is 32.6 Å². The Morgan fingerprint density at radius 1 is 1.12 bits per heavy atom.